The molecule has 1 heterocycles. The quantitative estimate of drug-likeness (QED) is 0.560. The smallest absolute Gasteiger partial charge is 0.418 e. The first-order chi connectivity index (χ1) is 14.2. The second-order valence-corrected chi connectivity index (χ2v) is 6.79. The van der Waals surface area contributed by atoms with Crippen LogP contribution in [0, 0.1) is 0 Å². The van der Waals surface area contributed by atoms with Gasteiger partial charge in [0.2, 0.25) is 0 Å². The van der Waals surface area contributed by atoms with Crippen LogP contribution in [0.2, 0.25) is 0 Å². The molecule has 1 atom stereocenters. The average molecular weight is 419 g/mol. The number of para-hydroxylation sites is 1. The molecule has 1 amide bonds. The zero-order valence-corrected chi connectivity index (χ0v) is 16.4. The van der Waals surface area contributed by atoms with Gasteiger partial charge in [0.15, 0.2) is 6.10 Å². The summed E-state index contributed by atoms with van der Waals surface area (Å²) in [5.74, 6) is -0.487. The van der Waals surface area contributed by atoms with Crippen LogP contribution in [-0.2, 0) is 17.4 Å². The molecule has 0 spiro atoms. The second kappa shape index (κ2) is 8.61. The van der Waals surface area contributed by atoms with Gasteiger partial charge >= 0.3 is 11.8 Å². The maximum atomic E-state index is 13.1. The maximum absolute atomic E-state index is 13.1. The van der Waals surface area contributed by atoms with Crippen molar-refractivity contribution < 1.29 is 27.1 Å². The van der Waals surface area contributed by atoms with Gasteiger partial charge in [-0.05, 0) is 43.2 Å². The number of fused-ring (bicyclic) bond motifs is 1. The fourth-order valence-electron chi connectivity index (χ4n) is 3.09. The number of aryl methyl sites for hydroxylation is 1. The van der Waals surface area contributed by atoms with Gasteiger partial charge in [0.05, 0.1) is 11.3 Å². The van der Waals surface area contributed by atoms with Crippen molar-refractivity contribution in [2.75, 3.05) is 5.32 Å². The number of nitrogens with one attached hydrogen (secondary N) is 1. The van der Waals surface area contributed by atoms with Crippen LogP contribution in [-0.4, -0.2) is 12.0 Å². The predicted octanol–water partition coefficient (Wildman–Crippen LogP) is 5.17. The number of ether oxygens (including phenoxy) is 1. The van der Waals surface area contributed by atoms with Crippen LogP contribution in [0.5, 0.6) is 5.75 Å². The lowest BCUT2D eigenvalue weighted by Crippen LogP contribution is -2.31. The molecular weight excluding hydrogens is 399 g/mol. The first kappa shape index (κ1) is 21.4. The summed E-state index contributed by atoms with van der Waals surface area (Å²) in [7, 11) is 0. The SMILES string of the molecule is CCCc1cc(=O)oc2cc(OC(C)C(=O)Nc3ccccc3C(F)(F)F)ccc12. The molecule has 0 aliphatic rings. The first-order valence-electron chi connectivity index (χ1n) is 9.39. The van der Waals surface area contributed by atoms with E-state index in [1.807, 2.05) is 6.92 Å². The van der Waals surface area contributed by atoms with Gasteiger partial charge in [-0.3, -0.25) is 4.79 Å². The van der Waals surface area contributed by atoms with Crippen molar-refractivity contribution in [2.45, 2.75) is 39.0 Å². The lowest BCUT2D eigenvalue weighted by Gasteiger charge is -2.17. The number of rotatable bonds is 6. The summed E-state index contributed by atoms with van der Waals surface area (Å²) in [4.78, 5) is 24.1. The largest absolute Gasteiger partial charge is 0.481 e. The number of amides is 1. The summed E-state index contributed by atoms with van der Waals surface area (Å²) in [6, 6.07) is 11.0. The Balaban J connectivity index is 1.79. The van der Waals surface area contributed by atoms with E-state index in [4.69, 9.17) is 9.15 Å². The van der Waals surface area contributed by atoms with Crippen molar-refractivity contribution in [1.29, 1.82) is 0 Å². The highest BCUT2D eigenvalue weighted by molar-refractivity contribution is 5.95. The molecule has 1 N–H and O–H groups in total. The highest BCUT2D eigenvalue weighted by Crippen LogP contribution is 2.34. The molecule has 3 aromatic rings. The molecule has 3 rings (SSSR count). The number of benzene rings is 2. The zero-order valence-electron chi connectivity index (χ0n) is 16.4. The Hall–Kier alpha value is -3.29. The van der Waals surface area contributed by atoms with Crippen LogP contribution >= 0.6 is 0 Å². The number of carbonyl (C=O) groups excluding carboxylic acids is 1. The Morgan fingerprint density at radius 2 is 1.90 bits per heavy atom. The Labute approximate surface area is 170 Å². The van der Waals surface area contributed by atoms with Crippen molar-refractivity contribution >= 4 is 22.6 Å². The summed E-state index contributed by atoms with van der Waals surface area (Å²) < 4.78 is 50.1. The molecule has 0 bridgehead atoms. The van der Waals surface area contributed by atoms with Gasteiger partial charge < -0.3 is 14.5 Å². The highest BCUT2D eigenvalue weighted by atomic mass is 19.4. The molecular formula is C22H20F3NO4. The number of anilines is 1. The summed E-state index contributed by atoms with van der Waals surface area (Å²) in [5, 5.41) is 3.02. The van der Waals surface area contributed by atoms with E-state index in [2.05, 4.69) is 5.32 Å². The fraction of sp³-hybridized carbons (Fsp3) is 0.273. The fourth-order valence-corrected chi connectivity index (χ4v) is 3.09. The van der Waals surface area contributed by atoms with Gasteiger partial charge in [-0.25, -0.2) is 4.79 Å². The number of halogens is 3. The van der Waals surface area contributed by atoms with Crippen LogP contribution in [0.15, 0.2) is 57.7 Å². The first-order valence-corrected chi connectivity index (χ1v) is 9.39. The molecule has 0 saturated carbocycles. The highest BCUT2D eigenvalue weighted by Gasteiger charge is 2.34. The van der Waals surface area contributed by atoms with E-state index in [-0.39, 0.29) is 11.4 Å². The standard InChI is InChI=1S/C22H20F3NO4/c1-3-6-14-11-20(27)30-19-12-15(9-10-16(14)19)29-13(2)21(28)26-18-8-5-4-7-17(18)22(23,24)25/h4-5,7-13H,3,6H2,1-2H3,(H,26,28). The summed E-state index contributed by atoms with van der Waals surface area (Å²) in [6.07, 6.45) is -4.12. The van der Waals surface area contributed by atoms with Gasteiger partial charge in [0.25, 0.3) is 5.91 Å². The van der Waals surface area contributed by atoms with Gasteiger partial charge in [0, 0.05) is 17.5 Å². The molecule has 8 heteroatoms. The zero-order chi connectivity index (χ0) is 21.9. The lowest BCUT2D eigenvalue weighted by atomic mass is 10.1. The second-order valence-electron chi connectivity index (χ2n) is 6.79. The van der Waals surface area contributed by atoms with Crippen LogP contribution in [0.3, 0.4) is 0 Å². The predicted molar refractivity (Wildman–Crippen MR) is 107 cm³/mol. The Morgan fingerprint density at radius 1 is 1.17 bits per heavy atom. The van der Waals surface area contributed by atoms with Crippen molar-refractivity contribution in [3.8, 4) is 5.75 Å². The molecule has 1 unspecified atom stereocenters. The number of hydrogen-bond donors (Lipinski definition) is 1. The minimum Gasteiger partial charge on any atom is -0.481 e. The maximum Gasteiger partial charge on any atom is 0.418 e. The number of hydrogen-bond acceptors (Lipinski definition) is 4. The third-order valence-electron chi connectivity index (χ3n) is 4.49. The normalized spacial score (nSPS) is 12.6. The van der Waals surface area contributed by atoms with Crippen LogP contribution in [0.25, 0.3) is 11.0 Å². The minimum absolute atomic E-state index is 0.256. The molecule has 0 aliphatic carbocycles. The molecule has 2 aromatic carbocycles. The minimum atomic E-state index is -4.60. The van der Waals surface area contributed by atoms with Crippen LogP contribution in [0.4, 0.5) is 18.9 Å². The third-order valence-corrected chi connectivity index (χ3v) is 4.49. The molecule has 0 aliphatic heterocycles. The molecule has 1 aromatic heterocycles. The van der Waals surface area contributed by atoms with Crippen LogP contribution in [0.1, 0.15) is 31.4 Å². The molecule has 0 radical (unpaired) electrons. The Kier molecular flexibility index (Phi) is 6.14. The number of alkyl halides is 3. The van der Waals surface area contributed by atoms with E-state index in [1.165, 1.54) is 37.3 Å². The monoisotopic (exact) mass is 419 g/mol. The van der Waals surface area contributed by atoms with Gasteiger partial charge in [-0.1, -0.05) is 25.5 Å². The van der Waals surface area contributed by atoms with E-state index >= 15 is 0 Å². The summed E-state index contributed by atoms with van der Waals surface area (Å²) in [5.41, 5.74) is -0.610. The van der Waals surface area contributed by atoms with Crippen LogP contribution < -0.4 is 15.7 Å². The van der Waals surface area contributed by atoms with Crippen molar-refractivity contribution in [3.63, 3.8) is 0 Å². The van der Waals surface area contributed by atoms with E-state index in [0.717, 1.165) is 23.4 Å². The Morgan fingerprint density at radius 3 is 2.60 bits per heavy atom. The molecule has 5 nitrogen and oxygen atoms in total. The van der Waals surface area contributed by atoms with Gasteiger partial charge in [-0.2, -0.15) is 13.2 Å². The van der Waals surface area contributed by atoms with E-state index < -0.39 is 29.4 Å². The average Bonchev–Trinajstić information content (AvgIpc) is 2.67. The van der Waals surface area contributed by atoms with Crippen molar-refractivity contribution in [1.82, 2.24) is 0 Å². The topological polar surface area (TPSA) is 68.5 Å². The summed E-state index contributed by atoms with van der Waals surface area (Å²) >= 11 is 0. The van der Waals surface area contributed by atoms with E-state index in [0.29, 0.717) is 12.0 Å². The van der Waals surface area contributed by atoms with Gasteiger partial charge in [0.1, 0.15) is 11.3 Å². The Bertz CT molecular complexity index is 1120. The number of carbonyl (C=O) groups is 1. The van der Waals surface area contributed by atoms with E-state index in [1.54, 1.807) is 12.1 Å². The van der Waals surface area contributed by atoms with Crippen molar-refractivity contribution in [2.24, 2.45) is 0 Å². The molecule has 158 valence electrons. The molecule has 0 fully saturated rings. The molecule has 0 saturated heterocycles. The van der Waals surface area contributed by atoms with Gasteiger partial charge in [-0.15, -0.1) is 0 Å². The van der Waals surface area contributed by atoms with E-state index in [9.17, 15) is 22.8 Å². The van der Waals surface area contributed by atoms with Crippen molar-refractivity contribution in [3.05, 3.63) is 70.1 Å². The third kappa shape index (κ3) is 4.82. The lowest BCUT2D eigenvalue weighted by molar-refractivity contribution is -0.137. The molecule has 30 heavy (non-hydrogen) atoms. The summed E-state index contributed by atoms with van der Waals surface area (Å²) in [6.45, 7) is 3.41.